The van der Waals surface area contributed by atoms with E-state index in [0.29, 0.717) is 6.04 Å². The summed E-state index contributed by atoms with van der Waals surface area (Å²) in [6.07, 6.45) is 6.80. The van der Waals surface area contributed by atoms with Crippen molar-refractivity contribution in [2.24, 2.45) is 17.6 Å². The number of rotatable bonds is 2. The standard InChI is InChI=1S/C12H24N2/c1-10-4-3-7-14(8-10)9-11-5-2-6-12(11)13/h10-12H,2-9,13H2,1H3. The lowest BCUT2D eigenvalue weighted by Gasteiger charge is -2.33. The third-order valence-corrected chi connectivity index (χ3v) is 3.95. The Kier molecular flexibility index (Phi) is 3.45. The van der Waals surface area contributed by atoms with Crippen LogP contribution in [-0.4, -0.2) is 30.6 Å². The van der Waals surface area contributed by atoms with Crippen molar-refractivity contribution in [2.45, 2.75) is 45.1 Å². The van der Waals surface area contributed by atoms with Gasteiger partial charge in [0.25, 0.3) is 0 Å². The average Bonchev–Trinajstić information content (AvgIpc) is 2.52. The van der Waals surface area contributed by atoms with Crippen LogP contribution in [0.1, 0.15) is 39.0 Å². The van der Waals surface area contributed by atoms with Crippen molar-refractivity contribution in [1.29, 1.82) is 0 Å². The molecule has 1 aliphatic carbocycles. The normalized spacial score (nSPS) is 40.3. The Hall–Kier alpha value is -0.0800. The fraction of sp³-hybridized carbons (Fsp3) is 1.00. The van der Waals surface area contributed by atoms with Crippen LogP contribution in [-0.2, 0) is 0 Å². The van der Waals surface area contributed by atoms with E-state index < -0.39 is 0 Å². The van der Waals surface area contributed by atoms with Crippen molar-refractivity contribution >= 4 is 0 Å². The highest BCUT2D eigenvalue weighted by molar-refractivity contribution is 4.83. The molecule has 3 atom stereocenters. The van der Waals surface area contributed by atoms with E-state index in [4.69, 9.17) is 5.73 Å². The van der Waals surface area contributed by atoms with Crippen molar-refractivity contribution < 1.29 is 0 Å². The smallest absolute Gasteiger partial charge is 0.00793 e. The second kappa shape index (κ2) is 4.63. The van der Waals surface area contributed by atoms with Gasteiger partial charge in [0.15, 0.2) is 0 Å². The summed E-state index contributed by atoms with van der Waals surface area (Å²) in [5, 5.41) is 0. The molecule has 1 aliphatic heterocycles. The summed E-state index contributed by atoms with van der Waals surface area (Å²) in [4.78, 5) is 2.64. The Balaban J connectivity index is 1.78. The molecule has 82 valence electrons. The second-order valence-electron chi connectivity index (χ2n) is 5.36. The summed E-state index contributed by atoms with van der Waals surface area (Å²) in [7, 11) is 0. The summed E-state index contributed by atoms with van der Waals surface area (Å²) < 4.78 is 0. The molecule has 1 saturated heterocycles. The fourth-order valence-corrected chi connectivity index (χ4v) is 3.08. The van der Waals surface area contributed by atoms with Gasteiger partial charge in [-0.3, -0.25) is 0 Å². The number of piperidine rings is 1. The van der Waals surface area contributed by atoms with Gasteiger partial charge in [0.05, 0.1) is 0 Å². The van der Waals surface area contributed by atoms with Crippen molar-refractivity contribution in [3.8, 4) is 0 Å². The zero-order valence-corrected chi connectivity index (χ0v) is 9.41. The molecule has 3 unspecified atom stereocenters. The summed E-state index contributed by atoms with van der Waals surface area (Å²) in [5.74, 6) is 1.70. The number of hydrogen-bond acceptors (Lipinski definition) is 2. The molecule has 0 amide bonds. The van der Waals surface area contributed by atoms with E-state index in [-0.39, 0.29) is 0 Å². The van der Waals surface area contributed by atoms with Crippen LogP contribution < -0.4 is 5.73 Å². The predicted octanol–water partition coefficient (Wildman–Crippen LogP) is 1.85. The molecule has 0 aromatic carbocycles. The molecule has 2 N–H and O–H groups in total. The van der Waals surface area contributed by atoms with E-state index in [9.17, 15) is 0 Å². The SMILES string of the molecule is CC1CCCN(CC2CCCC2N)C1. The lowest BCUT2D eigenvalue weighted by molar-refractivity contribution is 0.155. The molecule has 2 aliphatic rings. The van der Waals surface area contributed by atoms with Gasteiger partial charge in [-0.05, 0) is 44.1 Å². The third kappa shape index (κ3) is 2.48. The van der Waals surface area contributed by atoms with Crippen molar-refractivity contribution in [3.05, 3.63) is 0 Å². The van der Waals surface area contributed by atoms with Crippen LogP contribution >= 0.6 is 0 Å². The van der Waals surface area contributed by atoms with Crippen LogP contribution in [0.2, 0.25) is 0 Å². The van der Waals surface area contributed by atoms with Crippen LogP contribution in [0.3, 0.4) is 0 Å². The maximum atomic E-state index is 6.10. The molecule has 2 rings (SSSR count). The Bertz CT molecular complexity index is 181. The second-order valence-corrected chi connectivity index (χ2v) is 5.36. The first-order valence-corrected chi connectivity index (χ1v) is 6.23. The highest BCUT2D eigenvalue weighted by Gasteiger charge is 2.27. The molecule has 2 nitrogen and oxygen atoms in total. The van der Waals surface area contributed by atoms with Gasteiger partial charge in [0, 0.05) is 19.1 Å². The van der Waals surface area contributed by atoms with Gasteiger partial charge in [-0.25, -0.2) is 0 Å². The number of nitrogens with two attached hydrogens (primary N) is 1. The van der Waals surface area contributed by atoms with Gasteiger partial charge in [0.1, 0.15) is 0 Å². The largest absolute Gasteiger partial charge is 0.327 e. The van der Waals surface area contributed by atoms with Gasteiger partial charge < -0.3 is 10.6 Å². The topological polar surface area (TPSA) is 29.3 Å². The lowest BCUT2D eigenvalue weighted by atomic mass is 9.97. The monoisotopic (exact) mass is 196 g/mol. The maximum Gasteiger partial charge on any atom is 0.00793 e. The summed E-state index contributed by atoms with van der Waals surface area (Å²) in [6, 6.07) is 0.493. The molecule has 0 aromatic rings. The zero-order chi connectivity index (χ0) is 9.97. The molecule has 0 radical (unpaired) electrons. The van der Waals surface area contributed by atoms with Gasteiger partial charge in [-0.2, -0.15) is 0 Å². The fourth-order valence-electron chi connectivity index (χ4n) is 3.08. The van der Waals surface area contributed by atoms with E-state index >= 15 is 0 Å². The van der Waals surface area contributed by atoms with Crippen molar-refractivity contribution in [1.82, 2.24) is 4.90 Å². The summed E-state index contributed by atoms with van der Waals surface area (Å²) >= 11 is 0. The Morgan fingerprint density at radius 2 is 2.07 bits per heavy atom. The van der Waals surface area contributed by atoms with Gasteiger partial charge in [-0.15, -0.1) is 0 Å². The van der Waals surface area contributed by atoms with Gasteiger partial charge in [0.2, 0.25) is 0 Å². The lowest BCUT2D eigenvalue weighted by Crippen LogP contribution is -2.41. The highest BCUT2D eigenvalue weighted by atomic mass is 15.1. The molecule has 2 fully saturated rings. The average molecular weight is 196 g/mol. The first kappa shape index (κ1) is 10.4. The molecule has 0 spiro atoms. The quantitative estimate of drug-likeness (QED) is 0.730. The van der Waals surface area contributed by atoms with E-state index in [1.165, 1.54) is 51.7 Å². The summed E-state index contributed by atoms with van der Waals surface area (Å²) in [5.41, 5.74) is 6.10. The first-order valence-electron chi connectivity index (χ1n) is 6.23. The number of nitrogens with zero attached hydrogens (tertiary/aromatic N) is 1. The van der Waals surface area contributed by atoms with Crippen LogP contribution in [0.15, 0.2) is 0 Å². The van der Waals surface area contributed by atoms with Gasteiger partial charge >= 0.3 is 0 Å². The third-order valence-electron chi connectivity index (χ3n) is 3.95. The Labute approximate surface area is 87.8 Å². The summed E-state index contributed by atoms with van der Waals surface area (Å²) in [6.45, 7) is 6.27. The number of hydrogen-bond donors (Lipinski definition) is 1. The van der Waals surface area contributed by atoms with Crippen molar-refractivity contribution in [3.63, 3.8) is 0 Å². The molecule has 14 heavy (non-hydrogen) atoms. The van der Waals surface area contributed by atoms with E-state index in [1.54, 1.807) is 0 Å². The van der Waals surface area contributed by atoms with Gasteiger partial charge in [-0.1, -0.05) is 13.3 Å². The highest BCUT2D eigenvalue weighted by Crippen LogP contribution is 2.26. The predicted molar refractivity (Wildman–Crippen MR) is 60.2 cm³/mol. The van der Waals surface area contributed by atoms with E-state index in [2.05, 4.69) is 11.8 Å². The number of likely N-dealkylation sites (tertiary alicyclic amines) is 1. The molecule has 0 bridgehead atoms. The molecular weight excluding hydrogens is 172 g/mol. The van der Waals surface area contributed by atoms with E-state index in [1.807, 2.05) is 0 Å². The minimum absolute atomic E-state index is 0.493. The van der Waals surface area contributed by atoms with E-state index in [0.717, 1.165) is 11.8 Å². The Morgan fingerprint density at radius 3 is 2.71 bits per heavy atom. The molecule has 1 heterocycles. The van der Waals surface area contributed by atoms with Crippen molar-refractivity contribution in [2.75, 3.05) is 19.6 Å². The minimum atomic E-state index is 0.493. The molecular formula is C12H24N2. The maximum absolute atomic E-state index is 6.10. The van der Waals surface area contributed by atoms with Crippen LogP contribution in [0, 0.1) is 11.8 Å². The molecule has 2 heteroatoms. The van der Waals surface area contributed by atoms with Crippen LogP contribution in [0.25, 0.3) is 0 Å². The van der Waals surface area contributed by atoms with Crippen LogP contribution in [0.5, 0.6) is 0 Å². The molecule has 1 saturated carbocycles. The Morgan fingerprint density at radius 1 is 1.21 bits per heavy atom. The van der Waals surface area contributed by atoms with Crippen LogP contribution in [0.4, 0.5) is 0 Å². The minimum Gasteiger partial charge on any atom is -0.327 e. The molecule has 0 aromatic heterocycles. The first-order chi connectivity index (χ1) is 6.75. The zero-order valence-electron chi connectivity index (χ0n) is 9.41.